The quantitative estimate of drug-likeness (QED) is 0.588. The first-order valence-electron chi connectivity index (χ1n) is 5.07. The van der Waals surface area contributed by atoms with Crippen molar-refractivity contribution in [1.82, 2.24) is 0 Å². The van der Waals surface area contributed by atoms with E-state index in [0.717, 1.165) is 11.1 Å². The molecule has 1 aromatic carbocycles. The largest absolute Gasteiger partial charge is 0.474 e. The van der Waals surface area contributed by atoms with E-state index < -0.39 is 13.9 Å². The lowest BCUT2D eigenvalue weighted by Crippen LogP contribution is -2.06. The molecule has 0 heterocycles. The Morgan fingerprint density at radius 2 is 1.76 bits per heavy atom. The molecule has 0 spiro atoms. The minimum absolute atomic E-state index is 0.166. The van der Waals surface area contributed by atoms with Crippen molar-refractivity contribution >= 4 is 19.4 Å². The lowest BCUT2D eigenvalue weighted by atomic mass is 10.1. The summed E-state index contributed by atoms with van der Waals surface area (Å²) in [4.78, 5) is 0. The van der Waals surface area contributed by atoms with Gasteiger partial charge in [0.05, 0.1) is 5.88 Å². The monoisotopic (exact) mass is 278 g/mol. The number of benzene rings is 1. The molecular formula is C11H16ClO4P. The summed E-state index contributed by atoms with van der Waals surface area (Å²) in [5, 5.41) is 0. The molecule has 0 aliphatic carbocycles. The van der Waals surface area contributed by atoms with Gasteiger partial charge in [0.15, 0.2) is 0 Å². The first kappa shape index (κ1) is 14.7. The molecule has 0 bridgehead atoms. The second kappa shape index (κ2) is 6.53. The van der Waals surface area contributed by atoms with E-state index in [1.54, 1.807) is 0 Å². The molecule has 0 radical (unpaired) electrons. The van der Waals surface area contributed by atoms with E-state index in [1.165, 1.54) is 14.2 Å². The van der Waals surface area contributed by atoms with E-state index in [1.807, 2.05) is 31.2 Å². The highest BCUT2D eigenvalue weighted by molar-refractivity contribution is 7.48. The maximum atomic E-state index is 11.8. The molecule has 0 fully saturated rings. The average Bonchev–Trinajstić information content (AvgIpc) is 2.37. The van der Waals surface area contributed by atoms with Crippen molar-refractivity contribution in [2.24, 2.45) is 0 Å². The Hall–Kier alpha value is -0.380. The molecule has 1 rings (SSSR count). The molecule has 0 aromatic heterocycles. The summed E-state index contributed by atoms with van der Waals surface area (Å²) < 4.78 is 26.6. The molecule has 96 valence electrons. The molecule has 0 unspecified atom stereocenters. The zero-order valence-corrected chi connectivity index (χ0v) is 11.7. The third-order valence-electron chi connectivity index (χ3n) is 2.29. The van der Waals surface area contributed by atoms with Crippen molar-refractivity contribution in [3.63, 3.8) is 0 Å². The Balaban J connectivity index is 2.85. The summed E-state index contributed by atoms with van der Waals surface area (Å²) >= 11 is 5.80. The number of phosphoric acid groups is 1. The van der Waals surface area contributed by atoms with Crippen molar-refractivity contribution in [3.8, 4) is 0 Å². The van der Waals surface area contributed by atoms with Gasteiger partial charge in [0.25, 0.3) is 0 Å². The fraction of sp³-hybridized carbons (Fsp3) is 0.455. The van der Waals surface area contributed by atoms with Gasteiger partial charge in [-0.25, -0.2) is 4.57 Å². The Bertz CT molecular complexity index is 385. The summed E-state index contributed by atoms with van der Waals surface area (Å²) in [6.45, 7) is 1.98. The van der Waals surface area contributed by atoms with Crippen LogP contribution >= 0.6 is 19.4 Å². The van der Waals surface area contributed by atoms with Gasteiger partial charge in [0.1, 0.15) is 6.10 Å². The molecule has 0 saturated heterocycles. The summed E-state index contributed by atoms with van der Waals surface area (Å²) in [7, 11) is -0.978. The fourth-order valence-electron chi connectivity index (χ4n) is 1.28. The van der Waals surface area contributed by atoms with E-state index in [9.17, 15) is 4.57 Å². The van der Waals surface area contributed by atoms with Crippen LogP contribution in [-0.4, -0.2) is 20.1 Å². The highest BCUT2D eigenvalue weighted by atomic mass is 35.5. The Kier molecular flexibility index (Phi) is 5.63. The Morgan fingerprint density at radius 3 is 2.18 bits per heavy atom. The third kappa shape index (κ3) is 4.09. The van der Waals surface area contributed by atoms with E-state index in [0.29, 0.717) is 0 Å². The van der Waals surface area contributed by atoms with E-state index in [4.69, 9.17) is 25.2 Å². The van der Waals surface area contributed by atoms with Crippen LogP contribution in [0.15, 0.2) is 24.3 Å². The van der Waals surface area contributed by atoms with Crippen LogP contribution in [0.3, 0.4) is 0 Å². The van der Waals surface area contributed by atoms with Crippen LogP contribution in [0.5, 0.6) is 0 Å². The number of aryl methyl sites for hydroxylation is 1. The second-order valence-corrected chi connectivity index (χ2v) is 5.62. The van der Waals surface area contributed by atoms with Gasteiger partial charge in [-0.2, -0.15) is 0 Å². The lowest BCUT2D eigenvalue weighted by Gasteiger charge is -2.20. The molecule has 1 aromatic rings. The summed E-state index contributed by atoms with van der Waals surface area (Å²) in [5.41, 5.74) is 1.96. The van der Waals surface area contributed by atoms with Gasteiger partial charge in [-0.05, 0) is 12.5 Å². The first-order chi connectivity index (χ1) is 8.04. The molecule has 4 nitrogen and oxygen atoms in total. The number of hydrogen-bond donors (Lipinski definition) is 0. The fourth-order valence-corrected chi connectivity index (χ4v) is 2.43. The van der Waals surface area contributed by atoms with Crippen LogP contribution in [0.4, 0.5) is 0 Å². The van der Waals surface area contributed by atoms with Gasteiger partial charge < -0.3 is 0 Å². The van der Waals surface area contributed by atoms with Crippen molar-refractivity contribution in [1.29, 1.82) is 0 Å². The zero-order chi connectivity index (χ0) is 12.9. The Labute approximate surface area is 106 Å². The van der Waals surface area contributed by atoms with Crippen molar-refractivity contribution < 1.29 is 18.1 Å². The highest BCUT2D eigenvalue weighted by Crippen LogP contribution is 2.51. The van der Waals surface area contributed by atoms with Crippen molar-refractivity contribution in [2.75, 3.05) is 20.1 Å². The predicted octanol–water partition coefficient (Wildman–Crippen LogP) is 3.69. The topological polar surface area (TPSA) is 44.8 Å². The first-order valence-corrected chi connectivity index (χ1v) is 7.06. The van der Waals surface area contributed by atoms with Crippen LogP contribution in [0.1, 0.15) is 17.2 Å². The SMILES string of the molecule is COP(=O)(OC)O[C@@H](CCl)c1ccc(C)cc1. The molecule has 0 N–H and O–H groups in total. The highest BCUT2D eigenvalue weighted by Gasteiger charge is 2.28. The molecule has 0 aliphatic rings. The van der Waals surface area contributed by atoms with Crippen LogP contribution in [0.25, 0.3) is 0 Å². The van der Waals surface area contributed by atoms with E-state index >= 15 is 0 Å². The predicted molar refractivity (Wildman–Crippen MR) is 67.3 cm³/mol. The minimum Gasteiger partial charge on any atom is -0.290 e. The maximum Gasteiger partial charge on any atom is 0.474 e. The standard InChI is InChI=1S/C11H16ClO4P/c1-9-4-6-10(7-5-9)11(8-12)16-17(13,14-2)15-3/h4-7,11H,8H2,1-3H3/t11-/m0/s1. The molecule has 1 atom stereocenters. The van der Waals surface area contributed by atoms with E-state index in [2.05, 4.69) is 0 Å². The zero-order valence-electron chi connectivity index (χ0n) is 10.1. The molecular weight excluding hydrogens is 263 g/mol. The van der Waals surface area contributed by atoms with Crippen LogP contribution in [0.2, 0.25) is 0 Å². The molecule has 0 aliphatic heterocycles. The normalized spacial score (nSPS) is 13.6. The molecule has 0 saturated carbocycles. The van der Waals surface area contributed by atoms with Crippen LogP contribution in [-0.2, 0) is 18.1 Å². The van der Waals surface area contributed by atoms with Crippen molar-refractivity contribution in [3.05, 3.63) is 35.4 Å². The van der Waals surface area contributed by atoms with Crippen LogP contribution in [0, 0.1) is 6.92 Å². The smallest absolute Gasteiger partial charge is 0.290 e. The minimum atomic E-state index is -3.52. The van der Waals surface area contributed by atoms with Gasteiger partial charge in [-0.1, -0.05) is 29.8 Å². The summed E-state index contributed by atoms with van der Waals surface area (Å²) in [5.74, 6) is 0.166. The average molecular weight is 279 g/mol. The molecule has 17 heavy (non-hydrogen) atoms. The second-order valence-electron chi connectivity index (χ2n) is 3.47. The number of alkyl halides is 1. The molecule has 6 heteroatoms. The van der Waals surface area contributed by atoms with Gasteiger partial charge >= 0.3 is 7.82 Å². The van der Waals surface area contributed by atoms with Gasteiger partial charge in [-0.15, -0.1) is 11.6 Å². The van der Waals surface area contributed by atoms with Gasteiger partial charge in [-0.3, -0.25) is 13.6 Å². The molecule has 0 amide bonds. The maximum absolute atomic E-state index is 11.8. The number of hydrogen-bond acceptors (Lipinski definition) is 4. The van der Waals surface area contributed by atoms with Gasteiger partial charge in [0.2, 0.25) is 0 Å². The summed E-state index contributed by atoms with van der Waals surface area (Å²) in [6, 6.07) is 7.61. The summed E-state index contributed by atoms with van der Waals surface area (Å²) in [6.07, 6.45) is -0.525. The number of rotatable bonds is 6. The third-order valence-corrected chi connectivity index (χ3v) is 3.98. The van der Waals surface area contributed by atoms with E-state index in [-0.39, 0.29) is 5.88 Å². The van der Waals surface area contributed by atoms with Gasteiger partial charge in [0, 0.05) is 14.2 Å². The lowest BCUT2D eigenvalue weighted by molar-refractivity contribution is 0.115. The Morgan fingerprint density at radius 1 is 1.24 bits per heavy atom. The number of halogens is 1. The number of phosphoric ester groups is 1. The van der Waals surface area contributed by atoms with Crippen molar-refractivity contribution in [2.45, 2.75) is 13.0 Å². The van der Waals surface area contributed by atoms with Crippen LogP contribution < -0.4 is 0 Å².